The van der Waals surface area contributed by atoms with Crippen LogP contribution in [0.25, 0.3) is 11.1 Å². The molecule has 16 heavy (non-hydrogen) atoms. The average Bonchev–Trinajstić information content (AvgIpc) is 2.67. The van der Waals surface area contributed by atoms with Gasteiger partial charge in [0, 0.05) is 0 Å². The van der Waals surface area contributed by atoms with Crippen molar-refractivity contribution in [2.75, 3.05) is 0 Å². The molecule has 0 saturated heterocycles. The Hall–Kier alpha value is -1.56. The molecular formula is C16H15. The Morgan fingerprint density at radius 2 is 1.75 bits per heavy atom. The van der Waals surface area contributed by atoms with Crippen molar-refractivity contribution in [2.24, 2.45) is 0 Å². The lowest BCUT2D eigenvalue weighted by Gasteiger charge is -2.03. The lowest BCUT2D eigenvalue weighted by molar-refractivity contribution is 0.995. The average molecular weight is 207 g/mol. The molecule has 2 aromatic rings. The summed E-state index contributed by atoms with van der Waals surface area (Å²) in [4.78, 5) is 0. The standard InChI is InChI=1S/C16H15/c1-2-5-12-8-9-16-14(10-12)11-13-6-3-4-7-15(13)16/h3-4,6-10H,1-2,5,11H2. The van der Waals surface area contributed by atoms with E-state index in [9.17, 15) is 0 Å². The monoisotopic (exact) mass is 207 g/mol. The van der Waals surface area contributed by atoms with E-state index >= 15 is 0 Å². The highest BCUT2D eigenvalue weighted by molar-refractivity contribution is 5.76. The summed E-state index contributed by atoms with van der Waals surface area (Å²) < 4.78 is 0. The van der Waals surface area contributed by atoms with Gasteiger partial charge in [0.15, 0.2) is 0 Å². The van der Waals surface area contributed by atoms with Crippen molar-refractivity contribution < 1.29 is 0 Å². The van der Waals surface area contributed by atoms with E-state index in [4.69, 9.17) is 0 Å². The molecule has 0 atom stereocenters. The van der Waals surface area contributed by atoms with Crippen molar-refractivity contribution in [3.63, 3.8) is 0 Å². The largest absolute Gasteiger partial charge is 0.0619 e. The van der Waals surface area contributed by atoms with Crippen LogP contribution < -0.4 is 0 Å². The zero-order valence-corrected chi connectivity index (χ0v) is 9.37. The van der Waals surface area contributed by atoms with E-state index in [1.54, 1.807) is 0 Å². The maximum absolute atomic E-state index is 3.91. The lowest BCUT2D eigenvalue weighted by atomic mass is 10.0. The van der Waals surface area contributed by atoms with Crippen molar-refractivity contribution in [3.8, 4) is 11.1 Å². The summed E-state index contributed by atoms with van der Waals surface area (Å²) in [5.41, 5.74) is 7.19. The van der Waals surface area contributed by atoms with Crippen LogP contribution in [0.1, 0.15) is 23.1 Å². The molecule has 3 rings (SSSR count). The van der Waals surface area contributed by atoms with Gasteiger partial charge >= 0.3 is 0 Å². The first-order valence-corrected chi connectivity index (χ1v) is 5.88. The molecule has 1 aliphatic carbocycles. The number of aryl methyl sites for hydroxylation is 1. The Kier molecular flexibility index (Phi) is 2.28. The van der Waals surface area contributed by atoms with Crippen molar-refractivity contribution >= 4 is 0 Å². The summed E-state index contributed by atoms with van der Waals surface area (Å²) in [5, 5.41) is 0. The molecule has 2 aromatic carbocycles. The number of hydrogen-bond donors (Lipinski definition) is 0. The van der Waals surface area contributed by atoms with Gasteiger partial charge in [0.25, 0.3) is 0 Å². The van der Waals surface area contributed by atoms with E-state index in [1.165, 1.54) is 27.8 Å². The summed E-state index contributed by atoms with van der Waals surface area (Å²) in [5.74, 6) is 0. The van der Waals surface area contributed by atoms with Gasteiger partial charge in [-0.25, -0.2) is 0 Å². The fourth-order valence-corrected chi connectivity index (χ4v) is 2.56. The molecule has 0 unspecified atom stereocenters. The van der Waals surface area contributed by atoms with Gasteiger partial charge < -0.3 is 0 Å². The molecule has 0 bridgehead atoms. The Bertz CT molecular complexity index is 523. The van der Waals surface area contributed by atoms with Crippen molar-refractivity contribution in [3.05, 3.63) is 66.1 Å². The normalized spacial score (nSPS) is 12.3. The van der Waals surface area contributed by atoms with Crippen LogP contribution in [-0.4, -0.2) is 0 Å². The second-order valence-corrected chi connectivity index (χ2v) is 4.43. The Balaban J connectivity index is 2.07. The van der Waals surface area contributed by atoms with Crippen LogP contribution in [0.4, 0.5) is 0 Å². The molecule has 0 N–H and O–H groups in total. The summed E-state index contributed by atoms with van der Waals surface area (Å²) in [6, 6.07) is 15.6. The van der Waals surface area contributed by atoms with E-state index in [2.05, 4.69) is 49.4 Å². The molecule has 1 aliphatic rings. The molecule has 0 aromatic heterocycles. The third-order valence-corrected chi connectivity index (χ3v) is 3.32. The Morgan fingerprint density at radius 1 is 0.938 bits per heavy atom. The molecular weight excluding hydrogens is 192 g/mol. The second-order valence-electron chi connectivity index (χ2n) is 4.43. The van der Waals surface area contributed by atoms with Crippen LogP contribution in [-0.2, 0) is 12.8 Å². The number of rotatable bonds is 2. The van der Waals surface area contributed by atoms with Gasteiger partial charge in [0.2, 0.25) is 0 Å². The van der Waals surface area contributed by atoms with Crippen molar-refractivity contribution in [2.45, 2.75) is 19.3 Å². The van der Waals surface area contributed by atoms with E-state index in [1.807, 2.05) is 0 Å². The molecule has 79 valence electrons. The van der Waals surface area contributed by atoms with Crippen molar-refractivity contribution in [1.29, 1.82) is 0 Å². The topological polar surface area (TPSA) is 0 Å². The second kappa shape index (κ2) is 3.79. The molecule has 0 amide bonds. The first kappa shape index (κ1) is 9.65. The van der Waals surface area contributed by atoms with Crippen LogP contribution in [0.2, 0.25) is 0 Å². The molecule has 0 saturated carbocycles. The third kappa shape index (κ3) is 1.46. The van der Waals surface area contributed by atoms with E-state index in [0.717, 1.165) is 19.3 Å². The fraction of sp³-hybridized carbons (Fsp3) is 0.188. The van der Waals surface area contributed by atoms with Crippen LogP contribution in [0, 0.1) is 6.92 Å². The highest BCUT2D eigenvalue weighted by Gasteiger charge is 2.17. The number of fused-ring (bicyclic) bond motifs is 3. The fourth-order valence-electron chi connectivity index (χ4n) is 2.56. The maximum atomic E-state index is 3.91. The van der Waals surface area contributed by atoms with Crippen LogP contribution >= 0.6 is 0 Å². The van der Waals surface area contributed by atoms with Crippen LogP contribution in [0.15, 0.2) is 42.5 Å². The van der Waals surface area contributed by atoms with Crippen LogP contribution in [0.3, 0.4) is 0 Å². The molecule has 0 spiro atoms. The summed E-state index contributed by atoms with van der Waals surface area (Å²) in [7, 11) is 0. The van der Waals surface area contributed by atoms with Crippen molar-refractivity contribution in [1.82, 2.24) is 0 Å². The predicted octanol–water partition coefficient (Wildman–Crippen LogP) is 4.02. The first-order chi connectivity index (χ1) is 7.88. The molecule has 0 heteroatoms. The van der Waals surface area contributed by atoms with Gasteiger partial charge in [0.05, 0.1) is 0 Å². The number of benzene rings is 2. The minimum atomic E-state index is 0.978. The zero-order valence-electron chi connectivity index (χ0n) is 9.37. The van der Waals surface area contributed by atoms with Gasteiger partial charge in [-0.15, -0.1) is 0 Å². The lowest BCUT2D eigenvalue weighted by Crippen LogP contribution is -1.86. The summed E-state index contributed by atoms with van der Waals surface area (Å²) >= 11 is 0. The van der Waals surface area contributed by atoms with Gasteiger partial charge in [-0.2, -0.15) is 0 Å². The molecule has 0 aliphatic heterocycles. The third-order valence-electron chi connectivity index (χ3n) is 3.32. The molecule has 1 radical (unpaired) electrons. The Labute approximate surface area is 96.9 Å². The summed E-state index contributed by atoms with van der Waals surface area (Å²) in [6.45, 7) is 3.91. The molecule has 0 heterocycles. The minimum Gasteiger partial charge on any atom is -0.0619 e. The van der Waals surface area contributed by atoms with E-state index < -0.39 is 0 Å². The quantitative estimate of drug-likeness (QED) is 0.595. The summed E-state index contributed by atoms with van der Waals surface area (Å²) in [6.07, 6.45) is 3.16. The number of hydrogen-bond acceptors (Lipinski definition) is 0. The maximum Gasteiger partial charge on any atom is -0.00134 e. The zero-order chi connectivity index (χ0) is 11.0. The highest BCUT2D eigenvalue weighted by Crippen LogP contribution is 2.36. The molecule has 0 fully saturated rings. The predicted molar refractivity (Wildman–Crippen MR) is 68.4 cm³/mol. The van der Waals surface area contributed by atoms with Gasteiger partial charge in [-0.05, 0) is 47.1 Å². The molecule has 0 nitrogen and oxygen atoms in total. The van der Waals surface area contributed by atoms with Gasteiger partial charge in [-0.1, -0.05) is 49.4 Å². The van der Waals surface area contributed by atoms with Gasteiger partial charge in [-0.3, -0.25) is 0 Å². The van der Waals surface area contributed by atoms with E-state index in [0.29, 0.717) is 0 Å². The van der Waals surface area contributed by atoms with E-state index in [-0.39, 0.29) is 0 Å². The SMILES string of the molecule is [CH2]CCc1ccc2c(c1)Cc1ccccc1-2. The Morgan fingerprint density at radius 3 is 2.62 bits per heavy atom. The van der Waals surface area contributed by atoms with Crippen LogP contribution in [0.5, 0.6) is 0 Å². The highest BCUT2D eigenvalue weighted by atomic mass is 14.2. The minimum absolute atomic E-state index is 0.978. The smallest absolute Gasteiger partial charge is 0.00134 e. The van der Waals surface area contributed by atoms with Gasteiger partial charge in [0.1, 0.15) is 0 Å². The first-order valence-electron chi connectivity index (χ1n) is 5.88.